The second-order valence-corrected chi connectivity index (χ2v) is 4.22. The second-order valence-electron chi connectivity index (χ2n) is 3.81. The molecule has 1 aromatic rings. The van der Waals surface area contributed by atoms with E-state index in [9.17, 15) is 10.1 Å². The van der Waals surface area contributed by atoms with Crippen molar-refractivity contribution in [3.05, 3.63) is 38.9 Å². The van der Waals surface area contributed by atoms with E-state index in [1.165, 1.54) is 37.8 Å². The molecule has 0 aliphatic heterocycles. The van der Waals surface area contributed by atoms with E-state index in [2.05, 4.69) is 25.7 Å². The molecule has 0 radical (unpaired) electrons. The van der Waals surface area contributed by atoms with Gasteiger partial charge in [0.25, 0.3) is 5.69 Å². The summed E-state index contributed by atoms with van der Waals surface area (Å²) in [6.07, 6.45) is 0. The van der Waals surface area contributed by atoms with Gasteiger partial charge in [-0.1, -0.05) is 32.4 Å². The van der Waals surface area contributed by atoms with E-state index in [1.54, 1.807) is 0 Å². The Morgan fingerprint density at radius 3 is 2.05 bits per heavy atom. The smallest absolute Gasteiger partial charge is 0.270 e. The van der Waals surface area contributed by atoms with Crippen LogP contribution in [0.25, 0.3) is 0 Å². The van der Waals surface area contributed by atoms with Crippen LogP contribution in [0.5, 0.6) is 0 Å². The van der Waals surface area contributed by atoms with Crippen LogP contribution in [0.1, 0.15) is 26.3 Å². The Morgan fingerprint density at radius 1 is 1.26 bits per heavy atom. The minimum Gasteiger partial charge on any atom is -0.392 e. The summed E-state index contributed by atoms with van der Waals surface area (Å²) in [6, 6.07) is 3.95. The molecule has 0 saturated heterocycles. The van der Waals surface area contributed by atoms with Crippen LogP contribution in [-0.4, -0.2) is 34.6 Å². The summed E-state index contributed by atoms with van der Waals surface area (Å²) in [6.45, 7) is 9.91. The molecule has 1 aromatic carbocycles. The van der Waals surface area contributed by atoms with Crippen molar-refractivity contribution in [3.63, 3.8) is 0 Å². The highest BCUT2D eigenvalue weighted by Crippen LogP contribution is 2.21. The first-order valence-electron chi connectivity index (χ1n) is 6.26. The van der Waals surface area contributed by atoms with Gasteiger partial charge in [-0.3, -0.25) is 10.1 Å². The summed E-state index contributed by atoms with van der Waals surface area (Å²) in [5.41, 5.74) is 0.416. The number of nitro groups is 1. The largest absolute Gasteiger partial charge is 0.392 e. The molecular weight excluding hydrogens is 268 g/mol. The number of non-ortho nitro benzene ring substituents is 1. The van der Waals surface area contributed by atoms with Gasteiger partial charge in [-0.25, -0.2) is 0 Å². The van der Waals surface area contributed by atoms with E-state index in [-0.39, 0.29) is 17.3 Å². The normalized spacial score (nSPS) is 10.0. The molecule has 0 heterocycles. The first kappa shape index (κ1) is 17.8. The highest BCUT2D eigenvalue weighted by molar-refractivity contribution is 6.31. The number of rotatable bonds is 5. The average molecular weight is 289 g/mol. The molecule has 5 nitrogen and oxygen atoms in total. The summed E-state index contributed by atoms with van der Waals surface area (Å²) in [7, 11) is 0. The third-order valence-electron chi connectivity index (χ3n) is 2.76. The van der Waals surface area contributed by atoms with Crippen molar-refractivity contribution in [1.82, 2.24) is 4.90 Å². The Morgan fingerprint density at radius 2 is 1.79 bits per heavy atom. The van der Waals surface area contributed by atoms with Crippen molar-refractivity contribution in [2.45, 2.75) is 27.4 Å². The van der Waals surface area contributed by atoms with Crippen LogP contribution in [0.4, 0.5) is 5.69 Å². The summed E-state index contributed by atoms with van der Waals surface area (Å²) in [4.78, 5) is 12.1. The van der Waals surface area contributed by atoms with E-state index in [4.69, 9.17) is 16.7 Å². The second kappa shape index (κ2) is 9.72. The first-order valence-corrected chi connectivity index (χ1v) is 6.63. The van der Waals surface area contributed by atoms with Crippen molar-refractivity contribution in [1.29, 1.82) is 0 Å². The van der Waals surface area contributed by atoms with Gasteiger partial charge in [0, 0.05) is 12.1 Å². The fraction of sp³-hybridized carbons (Fsp3) is 0.538. The monoisotopic (exact) mass is 288 g/mol. The molecule has 0 saturated carbocycles. The highest BCUT2D eigenvalue weighted by atomic mass is 35.5. The third kappa shape index (κ3) is 6.52. The van der Waals surface area contributed by atoms with E-state index in [0.717, 1.165) is 0 Å². The summed E-state index contributed by atoms with van der Waals surface area (Å²) < 4.78 is 0. The molecule has 19 heavy (non-hydrogen) atoms. The van der Waals surface area contributed by atoms with Crippen molar-refractivity contribution in [2.24, 2.45) is 0 Å². The number of hydrogen-bond donors (Lipinski definition) is 1. The quantitative estimate of drug-likeness (QED) is 0.668. The number of hydrogen-bond acceptors (Lipinski definition) is 4. The lowest BCUT2D eigenvalue weighted by molar-refractivity contribution is -0.384. The SMILES string of the molecule is CCN(CC)CC.O=[N+]([O-])c1ccc(CO)c(Cl)c1. The van der Waals surface area contributed by atoms with Gasteiger partial charge in [0.2, 0.25) is 0 Å². The van der Waals surface area contributed by atoms with E-state index in [0.29, 0.717) is 5.56 Å². The van der Waals surface area contributed by atoms with Gasteiger partial charge in [-0.15, -0.1) is 0 Å². The summed E-state index contributed by atoms with van der Waals surface area (Å²) in [5, 5.41) is 19.1. The van der Waals surface area contributed by atoms with Gasteiger partial charge >= 0.3 is 0 Å². The van der Waals surface area contributed by atoms with Crippen LogP contribution < -0.4 is 0 Å². The Labute approximate surface area is 119 Å². The van der Waals surface area contributed by atoms with E-state index < -0.39 is 4.92 Å². The number of aliphatic hydroxyl groups is 1. The molecule has 6 heteroatoms. The van der Waals surface area contributed by atoms with Crippen LogP contribution in [0.2, 0.25) is 5.02 Å². The number of halogens is 1. The van der Waals surface area contributed by atoms with E-state index >= 15 is 0 Å². The Bertz CT molecular complexity index is 390. The van der Waals surface area contributed by atoms with Crippen molar-refractivity contribution >= 4 is 17.3 Å². The van der Waals surface area contributed by atoms with Crippen LogP contribution in [-0.2, 0) is 6.61 Å². The molecule has 0 unspecified atom stereocenters. The van der Waals surface area contributed by atoms with Crippen LogP contribution in [0.3, 0.4) is 0 Å². The number of nitrogens with zero attached hydrogens (tertiary/aromatic N) is 2. The first-order chi connectivity index (χ1) is 8.99. The predicted molar refractivity (Wildman–Crippen MR) is 77.5 cm³/mol. The van der Waals surface area contributed by atoms with E-state index in [1.807, 2.05) is 0 Å². The standard InChI is InChI=1S/C7H6ClNO3.C6H15N/c8-7-3-6(9(11)12)2-1-5(7)4-10;1-4-7(5-2)6-3/h1-3,10H,4H2;4-6H2,1-3H3. The maximum Gasteiger partial charge on any atom is 0.270 e. The average Bonchev–Trinajstić information content (AvgIpc) is 2.41. The fourth-order valence-electron chi connectivity index (χ4n) is 1.45. The van der Waals surface area contributed by atoms with Crippen molar-refractivity contribution in [3.8, 4) is 0 Å². The molecule has 0 atom stereocenters. The molecular formula is C13H21ClN2O3. The maximum absolute atomic E-state index is 10.2. The number of aliphatic hydroxyl groups excluding tert-OH is 1. The maximum atomic E-state index is 10.2. The lowest BCUT2D eigenvalue weighted by Gasteiger charge is -2.13. The van der Waals surface area contributed by atoms with Gasteiger partial charge in [0.15, 0.2) is 0 Å². The number of nitro benzene ring substituents is 1. The Kier molecular flexibility index (Phi) is 9.12. The zero-order chi connectivity index (χ0) is 14.8. The lowest BCUT2D eigenvalue weighted by atomic mass is 10.2. The van der Waals surface area contributed by atoms with Gasteiger partial charge in [0.05, 0.1) is 16.6 Å². The molecule has 0 spiro atoms. The van der Waals surface area contributed by atoms with Gasteiger partial charge in [-0.05, 0) is 31.3 Å². The van der Waals surface area contributed by atoms with Crippen LogP contribution >= 0.6 is 11.6 Å². The molecule has 0 aliphatic rings. The van der Waals surface area contributed by atoms with Gasteiger partial charge < -0.3 is 10.0 Å². The van der Waals surface area contributed by atoms with Crippen LogP contribution in [0, 0.1) is 10.1 Å². The van der Waals surface area contributed by atoms with Gasteiger partial charge in [-0.2, -0.15) is 0 Å². The zero-order valence-corrected chi connectivity index (χ0v) is 12.4. The Balaban J connectivity index is 0.000000399. The Hall–Kier alpha value is -1.17. The predicted octanol–water partition coefficient (Wildman–Crippen LogP) is 3.09. The third-order valence-corrected chi connectivity index (χ3v) is 3.11. The fourth-order valence-corrected chi connectivity index (χ4v) is 1.68. The minimum absolute atomic E-state index is 0.0720. The lowest BCUT2D eigenvalue weighted by Crippen LogP contribution is -2.21. The molecule has 0 amide bonds. The highest BCUT2D eigenvalue weighted by Gasteiger charge is 2.07. The molecule has 108 valence electrons. The van der Waals surface area contributed by atoms with Crippen LogP contribution in [0.15, 0.2) is 18.2 Å². The van der Waals surface area contributed by atoms with Crippen molar-refractivity contribution in [2.75, 3.05) is 19.6 Å². The molecule has 1 rings (SSSR count). The number of benzene rings is 1. The topological polar surface area (TPSA) is 66.6 Å². The van der Waals surface area contributed by atoms with Crippen molar-refractivity contribution < 1.29 is 10.0 Å². The zero-order valence-electron chi connectivity index (χ0n) is 11.6. The molecule has 0 fully saturated rings. The molecule has 0 aliphatic carbocycles. The molecule has 1 N–H and O–H groups in total. The molecule has 0 aromatic heterocycles. The minimum atomic E-state index is -0.535. The van der Waals surface area contributed by atoms with Gasteiger partial charge in [0.1, 0.15) is 0 Å². The summed E-state index contributed by atoms with van der Waals surface area (Å²) in [5.74, 6) is 0. The molecule has 0 bridgehead atoms. The summed E-state index contributed by atoms with van der Waals surface area (Å²) >= 11 is 5.61.